The molecule has 0 bridgehead atoms. The summed E-state index contributed by atoms with van der Waals surface area (Å²) in [6, 6.07) is 46.5. The number of nitrogens with zero attached hydrogens (tertiary/aromatic N) is 4. The van der Waals surface area contributed by atoms with Crippen LogP contribution in [0.25, 0.3) is 64.8 Å². The molecule has 0 fully saturated rings. The molecular formula is C36H20N4S. The first-order chi connectivity index (χ1) is 20.2. The molecule has 0 saturated carbocycles. The standard InChI is InChI=1S/C36H20N4S/c37-21-32-36-35(40-34(22-38)39-32)31-20-27(14-15-33(31)41-36)30-18-28(24-10-5-2-6-11-24)17-29(19-30)26-13-7-12-25(16-26)23-8-3-1-4-9-23/h1-20H. The Labute approximate surface area is 241 Å². The molecular weight excluding hydrogens is 520 g/mol. The molecule has 5 aromatic carbocycles. The first-order valence-corrected chi connectivity index (χ1v) is 13.9. The Balaban J connectivity index is 1.43. The van der Waals surface area contributed by atoms with E-state index in [1.165, 1.54) is 22.5 Å². The summed E-state index contributed by atoms with van der Waals surface area (Å²) >= 11 is 1.48. The molecule has 5 heteroatoms. The van der Waals surface area contributed by atoms with Gasteiger partial charge in [-0.25, -0.2) is 9.97 Å². The molecule has 7 aromatic rings. The van der Waals surface area contributed by atoms with E-state index >= 15 is 0 Å². The van der Waals surface area contributed by atoms with Crippen LogP contribution >= 0.6 is 11.3 Å². The Hall–Kier alpha value is -5.62. The third-order valence-electron chi connectivity index (χ3n) is 7.19. The maximum atomic E-state index is 9.64. The van der Waals surface area contributed by atoms with Gasteiger partial charge in [0.05, 0.1) is 10.2 Å². The molecule has 0 aliphatic rings. The number of hydrogen-bond donors (Lipinski definition) is 0. The summed E-state index contributed by atoms with van der Waals surface area (Å²) in [6.45, 7) is 0. The fourth-order valence-electron chi connectivity index (χ4n) is 5.22. The smallest absolute Gasteiger partial charge is 0.217 e. The molecule has 0 amide bonds. The van der Waals surface area contributed by atoms with E-state index in [1.807, 2.05) is 18.2 Å². The summed E-state index contributed by atoms with van der Waals surface area (Å²) in [5.74, 6) is 0.00538. The summed E-state index contributed by atoms with van der Waals surface area (Å²) in [6.07, 6.45) is 0. The molecule has 4 nitrogen and oxygen atoms in total. The molecule has 0 spiro atoms. The van der Waals surface area contributed by atoms with E-state index in [2.05, 4.69) is 125 Å². The first-order valence-electron chi connectivity index (χ1n) is 13.1. The van der Waals surface area contributed by atoms with Gasteiger partial charge in [0.15, 0.2) is 5.69 Å². The summed E-state index contributed by atoms with van der Waals surface area (Å²) < 4.78 is 1.70. The highest BCUT2D eigenvalue weighted by Crippen LogP contribution is 2.39. The van der Waals surface area contributed by atoms with Gasteiger partial charge in [-0.2, -0.15) is 10.5 Å². The molecule has 2 aromatic heterocycles. The first kappa shape index (κ1) is 24.4. The molecule has 0 aliphatic heterocycles. The van der Waals surface area contributed by atoms with Crippen molar-refractivity contribution in [2.75, 3.05) is 0 Å². The average molecular weight is 541 g/mol. The Morgan fingerprint density at radius 3 is 1.66 bits per heavy atom. The average Bonchev–Trinajstić information content (AvgIpc) is 3.43. The SMILES string of the molecule is N#Cc1nc(C#N)c2sc3ccc(-c4cc(-c5ccccc5)cc(-c5cccc(-c6ccccc6)c5)c4)cc3c2n1. The molecule has 0 unspecified atom stereocenters. The van der Waals surface area contributed by atoms with E-state index < -0.39 is 0 Å². The van der Waals surface area contributed by atoms with Crippen molar-refractivity contribution in [3.8, 4) is 56.6 Å². The van der Waals surface area contributed by atoms with Crippen molar-refractivity contribution in [1.29, 1.82) is 10.5 Å². The van der Waals surface area contributed by atoms with Crippen LogP contribution in [0.15, 0.2) is 121 Å². The van der Waals surface area contributed by atoms with Gasteiger partial charge < -0.3 is 0 Å². The summed E-state index contributed by atoms with van der Waals surface area (Å²) in [4.78, 5) is 8.59. The maximum Gasteiger partial charge on any atom is 0.234 e. The van der Waals surface area contributed by atoms with Crippen LogP contribution < -0.4 is 0 Å². The van der Waals surface area contributed by atoms with Crippen LogP contribution in [0, 0.1) is 22.7 Å². The Kier molecular flexibility index (Phi) is 6.06. The highest BCUT2D eigenvalue weighted by atomic mass is 32.1. The number of fused-ring (bicyclic) bond motifs is 3. The van der Waals surface area contributed by atoms with Crippen LogP contribution in [0.1, 0.15) is 11.5 Å². The van der Waals surface area contributed by atoms with E-state index in [-0.39, 0.29) is 11.5 Å². The van der Waals surface area contributed by atoms with Gasteiger partial charge in [0.25, 0.3) is 0 Å². The number of benzene rings is 5. The molecule has 2 heterocycles. The lowest BCUT2D eigenvalue weighted by Crippen LogP contribution is -1.92. The quantitative estimate of drug-likeness (QED) is 0.223. The van der Waals surface area contributed by atoms with Crippen LogP contribution in [0.2, 0.25) is 0 Å². The number of nitriles is 2. The summed E-state index contributed by atoms with van der Waals surface area (Å²) in [5, 5.41) is 20.0. The molecule has 0 atom stereocenters. The van der Waals surface area contributed by atoms with Crippen LogP contribution in [0.4, 0.5) is 0 Å². The lowest BCUT2D eigenvalue weighted by atomic mass is 9.92. The summed E-state index contributed by atoms with van der Waals surface area (Å²) in [7, 11) is 0. The van der Waals surface area contributed by atoms with Gasteiger partial charge in [0, 0.05) is 10.1 Å². The van der Waals surface area contributed by atoms with Gasteiger partial charge in [-0.3, -0.25) is 0 Å². The van der Waals surface area contributed by atoms with E-state index in [9.17, 15) is 10.5 Å². The van der Waals surface area contributed by atoms with Gasteiger partial charge in [-0.1, -0.05) is 84.9 Å². The number of aromatic nitrogens is 2. The van der Waals surface area contributed by atoms with Crippen LogP contribution in [0.5, 0.6) is 0 Å². The van der Waals surface area contributed by atoms with Crippen LogP contribution in [-0.2, 0) is 0 Å². The molecule has 190 valence electrons. The maximum absolute atomic E-state index is 9.64. The number of hydrogen-bond acceptors (Lipinski definition) is 5. The minimum atomic E-state index is 0.00538. The van der Waals surface area contributed by atoms with Crippen molar-refractivity contribution in [3.63, 3.8) is 0 Å². The minimum absolute atomic E-state index is 0.00538. The van der Waals surface area contributed by atoms with Crippen molar-refractivity contribution in [3.05, 3.63) is 133 Å². The zero-order valence-electron chi connectivity index (χ0n) is 21.7. The second-order valence-corrected chi connectivity index (χ2v) is 10.8. The zero-order chi connectivity index (χ0) is 27.8. The predicted octanol–water partition coefficient (Wildman–Crippen LogP) is 9.26. The molecule has 7 rings (SSSR count). The van der Waals surface area contributed by atoms with Crippen molar-refractivity contribution >= 4 is 31.6 Å². The summed E-state index contributed by atoms with van der Waals surface area (Å²) in [5.41, 5.74) is 9.86. The van der Waals surface area contributed by atoms with Crippen LogP contribution in [0.3, 0.4) is 0 Å². The monoisotopic (exact) mass is 540 g/mol. The largest absolute Gasteiger partial charge is 0.234 e. The van der Waals surface area contributed by atoms with E-state index in [0.717, 1.165) is 43.5 Å². The third-order valence-corrected chi connectivity index (χ3v) is 8.36. The van der Waals surface area contributed by atoms with Crippen LogP contribution in [-0.4, -0.2) is 9.97 Å². The molecule has 0 saturated heterocycles. The van der Waals surface area contributed by atoms with Gasteiger partial charge in [-0.05, 0) is 80.9 Å². The van der Waals surface area contributed by atoms with Crippen molar-refractivity contribution < 1.29 is 0 Å². The topological polar surface area (TPSA) is 73.4 Å². The van der Waals surface area contributed by atoms with Gasteiger partial charge in [0.2, 0.25) is 5.82 Å². The van der Waals surface area contributed by atoms with E-state index in [1.54, 1.807) is 0 Å². The van der Waals surface area contributed by atoms with E-state index in [4.69, 9.17) is 0 Å². The van der Waals surface area contributed by atoms with Gasteiger partial charge in [0.1, 0.15) is 12.1 Å². The minimum Gasteiger partial charge on any atom is -0.217 e. The molecule has 0 N–H and O–H groups in total. The van der Waals surface area contributed by atoms with Crippen molar-refractivity contribution in [2.24, 2.45) is 0 Å². The number of thiophene rings is 1. The Bertz CT molecular complexity index is 2170. The predicted molar refractivity (Wildman–Crippen MR) is 166 cm³/mol. The molecule has 0 aliphatic carbocycles. The Morgan fingerprint density at radius 2 is 1.02 bits per heavy atom. The Morgan fingerprint density at radius 1 is 0.488 bits per heavy atom. The van der Waals surface area contributed by atoms with E-state index in [0.29, 0.717) is 10.2 Å². The van der Waals surface area contributed by atoms with Gasteiger partial charge in [-0.15, -0.1) is 11.3 Å². The second kappa shape index (κ2) is 10.2. The van der Waals surface area contributed by atoms with Crippen molar-refractivity contribution in [1.82, 2.24) is 9.97 Å². The third kappa shape index (κ3) is 4.51. The second-order valence-electron chi connectivity index (χ2n) is 9.72. The molecule has 0 radical (unpaired) electrons. The highest BCUT2D eigenvalue weighted by Gasteiger charge is 2.16. The lowest BCUT2D eigenvalue weighted by Gasteiger charge is -2.13. The molecule has 41 heavy (non-hydrogen) atoms. The lowest BCUT2D eigenvalue weighted by molar-refractivity contribution is 1.14. The van der Waals surface area contributed by atoms with Crippen molar-refractivity contribution in [2.45, 2.75) is 0 Å². The fourth-order valence-corrected chi connectivity index (χ4v) is 6.28. The fraction of sp³-hybridized carbons (Fsp3) is 0. The normalized spacial score (nSPS) is 10.9. The zero-order valence-corrected chi connectivity index (χ0v) is 22.6. The highest BCUT2D eigenvalue weighted by molar-refractivity contribution is 7.26. The van der Waals surface area contributed by atoms with Gasteiger partial charge >= 0.3 is 0 Å². The number of rotatable bonds is 4.